The van der Waals surface area contributed by atoms with Crippen molar-refractivity contribution in [2.24, 2.45) is 7.05 Å². The molecule has 102 valence electrons. The highest BCUT2D eigenvalue weighted by Gasteiger charge is 2.07. The van der Waals surface area contributed by atoms with Gasteiger partial charge in [0, 0.05) is 23.7 Å². The van der Waals surface area contributed by atoms with Crippen LogP contribution in [0.1, 0.15) is 5.69 Å². The van der Waals surface area contributed by atoms with Gasteiger partial charge in [0.1, 0.15) is 5.52 Å². The molecule has 0 saturated carbocycles. The molecule has 0 radical (unpaired) electrons. The third-order valence-electron chi connectivity index (χ3n) is 3.54. The zero-order valence-corrected chi connectivity index (χ0v) is 11.8. The number of hydrogen-bond acceptors (Lipinski definition) is 4. The number of aryl methyl sites for hydroxylation is 2. The average molecular weight is 275 g/mol. The molecule has 5 nitrogen and oxygen atoms in total. The summed E-state index contributed by atoms with van der Waals surface area (Å²) in [7, 11) is 1.93. The fourth-order valence-corrected chi connectivity index (χ4v) is 2.43. The molecular formula is C16H13N5. The molecule has 0 aliphatic heterocycles. The topological polar surface area (TPSA) is 56.5 Å². The van der Waals surface area contributed by atoms with Gasteiger partial charge in [0.2, 0.25) is 0 Å². The molecule has 0 bridgehead atoms. The van der Waals surface area contributed by atoms with Crippen LogP contribution < -0.4 is 0 Å². The Balaban J connectivity index is 1.90. The van der Waals surface area contributed by atoms with Crippen molar-refractivity contribution in [3.05, 3.63) is 48.5 Å². The van der Waals surface area contributed by atoms with E-state index in [0.29, 0.717) is 5.82 Å². The Morgan fingerprint density at radius 1 is 0.952 bits per heavy atom. The zero-order valence-electron chi connectivity index (χ0n) is 11.8. The lowest BCUT2D eigenvalue weighted by Crippen LogP contribution is -1.93. The first kappa shape index (κ1) is 12.0. The summed E-state index contributed by atoms with van der Waals surface area (Å²) in [6, 6.07) is 10.2. The van der Waals surface area contributed by atoms with Gasteiger partial charge in [-0.1, -0.05) is 6.07 Å². The van der Waals surface area contributed by atoms with Gasteiger partial charge >= 0.3 is 0 Å². The fourth-order valence-electron chi connectivity index (χ4n) is 2.43. The Kier molecular flexibility index (Phi) is 2.47. The minimum atomic E-state index is 0.702. The monoisotopic (exact) mass is 275 g/mol. The molecule has 0 fully saturated rings. The molecule has 0 N–H and O–H groups in total. The summed E-state index contributed by atoms with van der Waals surface area (Å²) in [5, 5.41) is 1.09. The normalized spacial score (nSPS) is 11.3. The molecule has 0 amide bonds. The van der Waals surface area contributed by atoms with Crippen molar-refractivity contribution in [1.82, 2.24) is 24.5 Å². The summed E-state index contributed by atoms with van der Waals surface area (Å²) in [5.41, 5.74) is 4.63. The Bertz CT molecular complexity index is 971. The minimum absolute atomic E-state index is 0.702. The predicted octanol–water partition coefficient (Wildman–Crippen LogP) is 2.89. The molecule has 0 saturated heterocycles. The molecule has 0 atom stereocenters. The molecule has 0 unspecified atom stereocenters. The molecule has 5 heteroatoms. The lowest BCUT2D eigenvalue weighted by molar-refractivity contribution is 0.929. The van der Waals surface area contributed by atoms with Gasteiger partial charge in [-0.05, 0) is 31.2 Å². The summed E-state index contributed by atoms with van der Waals surface area (Å²) < 4.78 is 1.90. The van der Waals surface area contributed by atoms with E-state index in [0.717, 1.165) is 33.3 Å². The van der Waals surface area contributed by atoms with Gasteiger partial charge in [-0.15, -0.1) is 0 Å². The van der Waals surface area contributed by atoms with E-state index in [9.17, 15) is 0 Å². The highest BCUT2D eigenvalue weighted by atomic mass is 15.1. The van der Waals surface area contributed by atoms with Crippen molar-refractivity contribution >= 4 is 22.1 Å². The fraction of sp³-hybridized carbons (Fsp3) is 0.125. The molecule has 21 heavy (non-hydrogen) atoms. The van der Waals surface area contributed by atoms with E-state index in [1.54, 1.807) is 12.5 Å². The summed E-state index contributed by atoms with van der Waals surface area (Å²) >= 11 is 0. The third-order valence-corrected chi connectivity index (χ3v) is 3.54. The van der Waals surface area contributed by atoms with Crippen LogP contribution in [0.3, 0.4) is 0 Å². The van der Waals surface area contributed by atoms with E-state index in [-0.39, 0.29) is 0 Å². The number of hydrogen-bond donors (Lipinski definition) is 0. The van der Waals surface area contributed by atoms with Crippen LogP contribution in [0, 0.1) is 6.92 Å². The lowest BCUT2D eigenvalue weighted by atomic mass is 10.1. The highest BCUT2D eigenvalue weighted by Crippen LogP contribution is 2.22. The first-order valence-corrected chi connectivity index (χ1v) is 6.72. The van der Waals surface area contributed by atoms with Crippen LogP contribution in [0.5, 0.6) is 0 Å². The molecule has 3 aromatic heterocycles. The summed E-state index contributed by atoms with van der Waals surface area (Å²) in [4.78, 5) is 17.8. The molecule has 0 aliphatic rings. The quantitative estimate of drug-likeness (QED) is 0.536. The van der Waals surface area contributed by atoms with Gasteiger partial charge in [-0.25, -0.2) is 15.0 Å². The van der Waals surface area contributed by atoms with E-state index in [2.05, 4.69) is 32.1 Å². The molecule has 4 aromatic rings. The Morgan fingerprint density at radius 3 is 2.76 bits per heavy atom. The second kappa shape index (κ2) is 4.34. The first-order chi connectivity index (χ1) is 10.2. The first-order valence-electron chi connectivity index (χ1n) is 6.72. The standard InChI is InChI=1S/C16H13N5/c1-10-3-4-11-7-12(5-6-13(11)19-10)15-17-8-14-16(20-15)21(2)9-18-14/h3-9H,1-2H3. The van der Waals surface area contributed by atoms with E-state index in [1.807, 2.05) is 36.7 Å². The van der Waals surface area contributed by atoms with E-state index < -0.39 is 0 Å². The van der Waals surface area contributed by atoms with E-state index in [4.69, 9.17) is 0 Å². The maximum Gasteiger partial charge on any atom is 0.163 e. The Morgan fingerprint density at radius 2 is 1.86 bits per heavy atom. The van der Waals surface area contributed by atoms with Gasteiger partial charge in [-0.2, -0.15) is 0 Å². The van der Waals surface area contributed by atoms with Gasteiger partial charge in [-0.3, -0.25) is 4.98 Å². The van der Waals surface area contributed by atoms with Gasteiger partial charge < -0.3 is 4.57 Å². The second-order valence-electron chi connectivity index (χ2n) is 5.12. The lowest BCUT2D eigenvalue weighted by Gasteiger charge is -2.04. The molecule has 3 heterocycles. The molecule has 0 spiro atoms. The smallest absolute Gasteiger partial charge is 0.163 e. The SMILES string of the molecule is Cc1ccc2cc(-c3ncc4ncn(C)c4n3)ccc2n1. The van der Waals surface area contributed by atoms with Crippen LogP contribution in [0.15, 0.2) is 42.9 Å². The number of fused-ring (bicyclic) bond motifs is 2. The number of imidazole rings is 1. The van der Waals surface area contributed by atoms with Gasteiger partial charge in [0.25, 0.3) is 0 Å². The second-order valence-corrected chi connectivity index (χ2v) is 5.12. The van der Waals surface area contributed by atoms with Crippen molar-refractivity contribution < 1.29 is 0 Å². The van der Waals surface area contributed by atoms with Crippen LogP contribution >= 0.6 is 0 Å². The number of benzene rings is 1. The number of rotatable bonds is 1. The maximum absolute atomic E-state index is 4.60. The average Bonchev–Trinajstić information content (AvgIpc) is 2.88. The van der Waals surface area contributed by atoms with Gasteiger partial charge in [0.15, 0.2) is 11.5 Å². The van der Waals surface area contributed by atoms with Crippen molar-refractivity contribution in [1.29, 1.82) is 0 Å². The Hall–Kier alpha value is -2.82. The van der Waals surface area contributed by atoms with Crippen LogP contribution in [0.4, 0.5) is 0 Å². The van der Waals surface area contributed by atoms with Crippen molar-refractivity contribution in [2.75, 3.05) is 0 Å². The Labute approximate surface area is 121 Å². The van der Waals surface area contributed by atoms with Crippen LogP contribution in [0.2, 0.25) is 0 Å². The van der Waals surface area contributed by atoms with Gasteiger partial charge in [0.05, 0.1) is 18.0 Å². The summed E-state index contributed by atoms with van der Waals surface area (Å²) in [5.74, 6) is 0.702. The maximum atomic E-state index is 4.60. The molecule has 1 aromatic carbocycles. The summed E-state index contributed by atoms with van der Waals surface area (Å²) in [6.45, 7) is 1.99. The van der Waals surface area contributed by atoms with Crippen molar-refractivity contribution in [2.45, 2.75) is 6.92 Å². The zero-order chi connectivity index (χ0) is 14.4. The minimum Gasteiger partial charge on any atom is -0.318 e. The number of nitrogens with zero attached hydrogens (tertiary/aromatic N) is 5. The predicted molar refractivity (Wildman–Crippen MR) is 81.8 cm³/mol. The summed E-state index contributed by atoms with van der Waals surface area (Å²) in [6.07, 6.45) is 3.51. The third kappa shape index (κ3) is 1.94. The highest BCUT2D eigenvalue weighted by molar-refractivity contribution is 5.84. The molecular weight excluding hydrogens is 262 g/mol. The number of aromatic nitrogens is 5. The largest absolute Gasteiger partial charge is 0.318 e. The van der Waals surface area contributed by atoms with E-state index >= 15 is 0 Å². The van der Waals surface area contributed by atoms with Crippen LogP contribution in [0.25, 0.3) is 33.5 Å². The van der Waals surface area contributed by atoms with Crippen molar-refractivity contribution in [3.63, 3.8) is 0 Å². The molecule has 4 rings (SSSR count). The number of pyridine rings is 1. The van der Waals surface area contributed by atoms with Crippen LogP contribution in [-0.4, -0.2) is 24.5 Å². The molecule has 0 aliphatic carbocycles. The van der Waals surface area contributed by atoms with E-state index in [1.165, 1.54) is 0 Å². The van der Waals surface area contributed by atoms with Crippen LogP contribution in [-0.2, 0) is 7.05 Å². The van der Waals surface area contributed by atoms with Crippen molar-refractivity contribution in [3.8, 4) is 11.4 Å².